The quantitative estimate of drug-likeness (QED) is 0.642. The Morgan fingerprint density at radius 3 is 2.64 bits per heavy atom. The molecule has 0 aliphatic rings. The van der Waals surface area contributed by atoms with Crippen molar-refractivity contribution in [2.24, 2.45) is 0 Å². The molecule has 0 saturated heterocycles. The average molecular weight is 371 g/mol. The Morgan fingerprint density at radius 1 is 1.28 bits per heavy atom. The highest BCUT2D eigenvalue weighted by molar-refractivity contribution is 6.30. The number of esters is 1. The molecule has 0 heterocycles. The van der Waals surface area contributed by atoms with Crippen LogP contribution in [0.25, 0.3) is 0 Å². The molecule has 0 unspecified atom stereocenters. The monoisotopic (exact) mass is 370 g/mol. The van der Waals surface area contributed by atoms with Crippen molar-refractivity contribution in [3.05, 3.63) is 28.8 Å². The molecule has 0 aliphatic carbocycles. The van der Waals surface area contributed by atoms with Crippen molar-refractivity contribution in [1.29, 1.82) is 0 Å². The van der Waals surface area contributed by atoms with E-state index in [9.17, 15) is 14.4 Å². The van der Waals surface area contributed by atoms with E-state index in [0.717, 1.165) is 6.42 Å². The van der Waals surface area contributed by atoms with Gasteiger partial charge in [0.25, 0.3) is 5.91 Å². The lowest BCUT2D eigenvalue weighted by atomic mass is 10.1. The van der Waals surface area contributed by atoms with Crippen LogP contribution in [0.4, 0.5) is 0 Å². The Hall–Kier alpha value is -2.28. The SMILES string of the molecule is CCCNC(=O)[C@@H](C)NC(=O)COC(=O)Cc1cc(Cl)ccc1OC. The highest BCUT2D eigenvalue weighted by Gasteiger charge is 2.17. The molecule has 1 aromatic carbocycles. The number of hydrogen-bond donors (Lipinski definition) is 2. The Balaban J connectivity index is 2.44. The van der Waals surface area contributed by atoms with E-state index in [2.05, 4.69) is 10.6 Å². The van der Waals surface area contributed by atoms with Gasteiger partial charge in [-0.2, -0.15) is 0 Å². The number of methoxy groups -OCH3 is 1. The maximum Gasteiger partial charge on any atom is 0.310 e. The summed E-state index contributed by atoms with van der Waals surface area (Å²) in [5.74, 6) is -0.929. The van der Waals surface area contributed by atoms with Crippen molar-refractivity contribution in [1.82, 2.24) is 10.6 Å². The van der Waals surface area contributed by atoms with E-state index in [-0.39, 0.29) is 12.3 Å². The Labute approximate surface area is 152 Å². The van der Waals surface area contributed by atoms with Crippen LogP contribution in [0.1, 0.15) is 25.8 Å². The molecule has 0 spiro atoms. The molecule has 1 atom stereocenters. The van der Waals surface area contributed by atoms with Gasteiger partial charge in [0.05, 0.1) is 13.5 Å². The molecule has 0 aliphatic heterocycles. The van der Waals surface area contributed by atoms with E-state index in [1.165, 1.54) is 7.11 Å². The van der Waals surface area contributed by atoms with Gasteiger partial charge in [-0.25, -0.2) is 0 Å². The first-order chi connectivity index (χ1) is 11.9. The van der Waals surface area contributed by atoms with E-state index in [4.69, 9.17) is 21.1 Å². The second-order valence-electron chi connectivity index (χ2n) is 5.37. The molecular formula is C17H23ClN2O5. The maximum atomic E-state index is 11.9. The molecule has 1 rings (SSSR count). The van der Waals surface area contributed by atoms with Crippen LogP contribution in [0.3, 0.4) is 0 Å². The topological polar surface area (TPSA) is 93.7 Å². The maximum absolute atomic E-state index is 11.9. The number of benzene rings is 1. The molecule has 2 N–H and O–H groups in total. The van der Waals surface area contributed by atoms with Crippen LogP contribution < -0.4 is 15.4 Å². The third-order valence-corrected chi connectivity index (χ3v) is 3.50. The van der Waals surface area contributed by atoms with Crippen molar-refractivity contribution in [3.8, 4) is 5.75 Å². The van der Waals surface area contributed by atoms with Gasteiger partial charge in [-0.15, -0.1) is 0 Å². The average Bonchev–Trinajstić information content (AvgIpc) is 2.58. The summed E-state index contributed by atoms with van der Waals surface area (Å²) < 4.78 is 10.1. The second-order valence-corrected chi connectivity index (χ2v) is 5.81. The van der Waals surface area contributed by atoms with Gasteiger partial charge in [-0.3, -0.25) is 14.4 Å². The molecule has 0 saturated carbocycles. The highest BCUT2D eigenvalue weighted by atomic mass is 35.5. The number of amides is 2. The van der Waals surface area contributed by atoms with Crippen molar-refractivity contribution in [2.75, 3.05) is 20.3 Å². The molecule has 0 bridgehead atoms. The molecule has 0 aromatic heterocycles. The lowest BCUT2D eigenvalue weighted by Gasteiger charge is -2.14. The molecule has 7 nitrogen and oxygen atoms in total. The smallest absolute Gasteiger partial charge is 0.310 e. The summed E-state index contributed by atoms with van der Waals surface area (Å²) in [5, 5.41) is 5.60. The third kappa shape index (κ3) is 7.43. The standard InChI is InChI=1S/C17H23ClN2O5/c1-4-7-19-17(23)11(2)20-15(21)10-25-16(22)9-12-8-13(18)5-6-14(12)24-3/h5-6,8,11H,4,7,9-10H2,1-3H3,(H,19,23)(H,20,21)/t11-/m1/s1. The van der Waals surface area contributed by atoms with Gasteiger partial charge in [-0.1, -0.05) is 18.5 Å². The van der Waals surface area contributed by atoms with Gasteiger partial charge in [0.15, 0.2) is 6.61 Å². The third-order valence-electron chi connectivity index (χ3n) is 3.26. The van der Waals surface area contributed by atoms with Gasteiger partial charge in [0.2, 0.25) is 5.91 Å². The van der Waals surface area contributed by atoms with Gasteiger partial charge in [0.1, 0.15) is 11.8 Å². The molecule has 2 amide bonds. The predicted octanol–water partition coefficient (Wildman–Crippen LogP) is 1.47. The summed E-state index contributed by atoms with van der Waals surface area (Å²) in [6, 6.07) is 4.19. The molecule has 138 valence electrons. The summed E-state index contributed by atoms with van der Waals surface area (Å²) in [5.41, 5.74) is 0.563. The number of ether oxygens (including phenoxy) is 2. The number of carbonyl (C=O) groups is 3. The minimum Gasteiger partial charge on any atom is -0.496 e. The van der Waals surface area contributed by atoms with E-state index in [0.29, 0.717) is 22.9 Å². The first-order valence-corrected chi connectivity index (χ1v) is 8.30. The van der Waals surface area contributed by atoms with Crippen LogP contribution in [0.5, 0.6) is 5.75 Å². The fourth-order valence-corrected chi connectivity index (χ4v) is 2.18. The molecule has 0 fully saturated rings. The van der Waals surface area contributed by atoms with E-state index >= 15 is 0 Å². The largest absolute Gasteiger partial charge is 0.496 e. The summed E-state index contributed by atoms with van der Waals surface area (Å²) >= 11 is 5.90. The summed E-state index contributed by atoms with van der Waals surface area (Å²) in [6.07, 6.45) is 0.723. The van der Waals surface area contributed by atoms with Gasteiger partial charge in [-0.05, 0) is 31.5 Å². The molecule has 25 heavy (non-hydrogen) atoms. The van der Waals surface area contributed by atoms with Gasteiger partial charge >= 0.3 is 5.97 Å². The second kappa shape index (κ2) is 10.6. The highest BCUT2D eigenvalue weighted by Crippen LogP contribution is 2.23. The normalized spacial score (nSPS) is 11.4. The van der Waals surface area contributed by atoms with E-state index < -0.39 is 24.5 Å². The van der Waals surface area contributed by atoms with E-state index in [1.54, 1.807) is 25.1 Å². The van der Waals surface area contributed by atoms with Crippen LogP contribution in [-0.2, 0) is 25.5 Å². The van der Waals surface area contributed by atoms with Crippen LogP contribution in [0.2, 0.25) is 5.02 Å². The van der Waals surface area contributed by atoms with Crippen molar-refractivity contribution < 1.29 is 23.9 Å². The Morgan fingerprint density at radius 2 is 2.00 bits per heavy atom. The lowest BCUT2D eigenvalue weighted by Crippen LogP contribution is -2.46. The first kappa shape index (κ1) is 20.8. The number of carbonyl (C=O) groups excluding carboxylic acids is 3. The van der Waals surface area contributed by atoms with Crippen LogP contribution >= 0.6 is 11.6 Å². The zero-order valence-corrected chi connectivity index (χ0v) is 15.3. The van der Waals surface area contributed by atoms with Crippen LogP contribution in [-0.4, -0.2) is 44.1 Å². The van der Waals surface area contributed by atoms with Crippen LogP contribution in [0.15, 0.2) is 18.2 Å². The number of rotatable bonds is 9. The minimum absolute atomic E-state index is 0.0798. The zero-order valence-electron chi connectivity index (χ0n) is 14.6. The van der Waals surface area contributed by atoms with Crippen molar-refractivity contribution in [2.45, 2.75) is 32.7 Å². The Kier molecular flexibility index (Phi) is 8.77. The van der Waals surface area contributed by atoms with E-state index in [1.807, 2.05) is 6.92 Å². The molecule has 1 aromatic rings. The fraction of sp³-hybridized carbons (Fsp3) is 0.471. The number of halogens is 1. The fourth-order valence-electron chi connectivity index (χ4n) is 1.99. The number of hydrogen-bond acceptors (Lipinski definition) is 5. The lowest BCUT2D eigenvalue weighted by molar-refractivity contribution is -0.148. The van der Waals surface area contributed by atoms with Crippen molar-refractivity contribution in [3.63, 3.8) is 0 Å². The summed E-state index contributed by atoms with van der Waals surface area (Å²) in [4.78, 5) is 35.3. The Bertz CT molecular complexity index is 621. The zero-order chi connectivity index (χ0) is 18.8. The van der Waals surface area contributed by atoms with Gasteiger partial charge in [0, 0.05) is 17.1 Å². The predicted molar refractivity (Wildman–Crippen MR) is 93.6 cm³/mol. The first-order valence-electron chi connectivity index (χ1n) is 7.92. The molecular weight excluding hydrogens is 348 g/mol. The van der Waals surface area contributed by atoms with Crippen molar-refractivity contribution >= 4 is 29.4 Å². The number of nitrogens with one attached hydrogen (secondary N) is 2. The molecule has 0 radical (unpaired) electrons. The van der Waals surface area contributed by atoms with Crippen LogP contribution in [0, 0.1) is 0 Å². The molecule has 8 heteroatoms. The summed E-state index contributed by atoms with van der Waals surface area (Å²) in [7, 11) is 1.48. The van der Waals surface area contributed by atoms with Gasteiger partial charge < -0.3 is 20.1 Å². The minimum atomic E-state index is -0.703. The summed E-state index contributed by atoms with van der Waals surface area (Å²) in [6.45, 7) is 3.56.